The van der Waals surface area contributed by atoms with Crippen molar-refractivity contribution in [3.8, 4) is 0 Å². The van der Waals surface area contributed by atoms with Gasteiger partial charge in [-0.1, -0.05) is 35.9 Å². The molecule has 0 N–H and O–H groups in total. The molecule has 2 aromatic carbocycles. The molecule has 0 unspecified atom stereocenters. The van der Waals surface area contributed by atoms with Gasteiger partial charge in [-0.2, -0.15) is 8.42 Å². The Balaban J connectivity index is 2.14. The Morgan fingerprint density at radius 1 is 1.05 bits per heavy atom. The molecule has 0 bridgehead atoms. The van der Waals surface area contributed by atoms with Gasteiger partial charge in [0.15, 0.2) is 0 Å². The van der Waals surface area contributed by atoms with Crippen molar-refractivity contribution in [1.82, 2.24) is 0 Å². The Morgan fingerprint density at radius 2 is 1.68 bits per heavy atom. The lowest BCUT2D eigenvalue weighted by Crippen LogP contribution is -2.07. The summed E-state index contributed by atoms with van der Waals surface area (Å²) in [6.45, 7) is 1.96. The molecule has 0 saturated carbocycles. The van der Waals surface area contributed by atoms with Gasteiger partial charge in [-0.05, 0) is 53.3 Å². The Labute approximate surface area is 126 Å². The van der Waals surface area contributed by atoms with Gasteiger partial charge in [-0.25, -0.2) is 0 Å². The highest BCUT2D eigenvalue weighted by Crippen LogP contribution is 2.18. The largest absolute Gasteiger partial charge is 0.297 e. The average molecular weight is 388 g/mol. The zero-order chi connectivity index (χ0) is 13.9. The molecule has 100 valence electrons. The van der Waals surface area contributed by atoms with Crippen LogP contribution in [0.1, 0.15) is 11.1 Å². The smallest absolute Gasteiger partial charge is 0.262 e. The van der Waals surface area contributed by atoms with Crippen LogP contribution in [0.2, 0.25) is 0 Å². The fourth-order valence-corrected chi connectivity index (χ4v) is 2.96. The molecule has 0 fully saturated rings. The first kappa shape index (κ1) is 14.5. The van der Waals surface area contributed by atoms with Crippen LogP contribution in [0.4, 0.5) is 0 Å². The Morgan fingerprint density at radius 3 is 2.32 bits per heavy atom. The summed E-state index contributed by atoms with van der Waals surface area (Å²) in [7, 11) is -3.70. The van der Waals surface area contributed by atoms with Crippen LogP contribution in [-0.2, 0) is 20.9 Å². The van der Waals surface area contributed by atoms with Crippen LogP contribution in [-0.4, -0.2) is 8.42 Å². The third-order valence-electron chi connectivity index (χ3n) is 2.64. The van der Waals surface area contributed by atoms with E-state index in [1.807, 2.05) is 31.2 Å². The summed E-state index contributed by atoms with van der Waals surface area (Å²) < 4.78 is 30.1. The van der Waals surface area contributed by atoms with Gasteiger partial charge in [0.2, 0.25) is 0 Å². The molecule has 0 aromatic heterocycles. The van der Waals surface area contributed by atoms with Crippen LogP contribution < -0.4 is 0 Å². The lowest BCUT2D eigenvalue weighted by molar-refractivity contribution is 0.307. The second kappa shape index (κ2) is 6.02. The maximum Gasteiger partial charge on any atom is 0.297 e. The highest BCUT2D eigenvalue weighted by molar-refractivity contribution is 14.1. The van der Waals surface area contributed by atoms with Crippen molar-refractivity contribution in [2.75, 3.05) is 0 Å². The monoisotopic (exact) mass is 388 g/mol. The van der Waals surface area contributed by atoms with Crippen LogP contribution in [0.3, 0.4) is 0 Å². The first-order chi connectivity index (χ1) is 8.99. The van der Waals surface area contributed by atoms with Gasteiger partial charge in [0.25, 0.3) is 10.1 Å². The number of rotatable bonds is 4. The highest BCUT2D eigenvalue weighted by Gasteiger charge is 2.15. The number of hydrogen-bond acceptors (Lipinski definition) is 3. The van der Waals surface area contributed by atoms with Gasteiger partial charge >= 0.3 is 0 Å². The van der Waals surface area contributed by atoms with Gasteiger partial charge in [-0.3, -0.25) is 4.18 Å². The highest BCUT2D eigenvalue weighted by atomic mass is 127. The van der Waals surface area contributed by atoms with E-state index in [1.165, 1.54) is 0 Å². The standard InChI is InChI=1S/C14H13IO3S/c1-11-6-8-13(9-7-11)19(16,17)18-10-12-4-2-3-5-14(12)15/h2-9H,10H2,1H3. The van der Waals surface area contributed by atoms with Crippen LogP contribution >= 0.6 is 22.6 Å². The molecule has 0 saturated heterocycles. The van der Waals surface area contributed by atoms with Crippen LogP contribution in [0.15, 0.2) is 53.4 Å². The van der Waals surface area contributed by atoms with Crippen molar-refractivity contribution in [2.24, 2.45) is 0 Å². The van der Waals surface area contributed by atoms with Gasteiger partial charge < -0.3 is 0 Å². The summed E-state index contributed by atoms with van der Waals surface area (Å²) in [6.07, 6.45) is 0. The molecule has 19 heavy (non-hydrogen) atoms. The summed E-state index contributed by atoms with van der Waals surface area (Å²) in [5, 5.41) is 0. The molecule has 0 aliphatic carbocycles. The zero-order valence-corrected chi connectivity index (χ0v) is 13.3. The zero-order valence-electron chi connectivity index (χ0n) is 10.3. The lowest BCUT2D eigenvalue weighted by Gasteiger charge is -2.07. The summed E-state index contributed by atoms with van der Waals surface area (Å²) in [6, 6.07) is 14.1. The summed E-state index contributed by atoms with van der Waals surface area (Å²) >= 11 is 2.16. The maximum absolute atomic E-state index is 12.0. The van der Waals surface area contributed by atoms with Gasteiger partial charge in [-0.15, -0.1) is 0 Å². The second-order valence-corrected chi connectivity index (χ2v) is 6.90. The van der Waals surface area contributed by atoms with Crippen molar-refractivity contribution in [3.05, 3.63) is 63.2 Å². The van der Waals surface area contributed by atoms with Crippen molar-refractivity contribution < 1.29 is 12.6 Å². The van der Waals surface area contributed by atoms with E-state index >= 15 is 0 Å². The predicted octanol–water partition coefficient (Wildman–Crippen LogP) is 3.51. The van der Waals surface area contributed by atoms with Crippen molar-refractivity contribution >= 4 is 32.7 Å². The normalized spacial score (nSPS) is 11.5. The van der Waals surface area contributed by atoms with Gasteiger partial charge in [0, 0.05) is 3.57 Å². The molecule has 0 aliphatic heterocycles. The van der Waals surface area contributed by atoms with Crippen molar-refractivity contribution in [1.29, 1.82) is 0 Å². The Kier molecular flexibility index (Phi) is 4.59. The molecule has 0 aliphatic rings. The Bertz CT molecular complexity index is 663. The summed E-state index contributed by atoms with van der Waals surface area (Å²) in [5.41, 5.74) is 1.87. The van der Waals surface area contributed by atoms with Crippen molar-refractivity contribution in [3.63, 3.8) is 0 Å². The SMILES string of the molecule is Cc1ccc(S(=O)(=O)OCc2ccccc2I)cc1. The fraction of sp³-hybridized carbons (Fsp3) is 0.143. The molecular weight excluding hydrogens is 375 g/mol. The molecule has 5 heteroatoms. The summed E-state index contributed by atoms with van der Waals surface area (Å²) in [5.74, 6) is 0. The number of halogens is 1. The average Bonchev–Trinajstić information content (AvgIpc) is 2.38. The molecule has 0 atom stereocenters. The molecule has 0 spiro atoms. The quantitative estimate of drug-likeness (QED) is 0.595. The lowest BCUT2D eigenvalue weighted by atomic mass is 10.2. The van der Waals surface area contributed by atoms with Crippen LogP contribution in [0.5, 0.6) is 0 Å². The molecule has 2 aromatic rings. The van der Waals surface area contributed by atoms with E-state index in [1.54, 1.807) is 24.3 Å². The molecule has 3 nitrogen and oxygen atoms in total. The van der Waals surface area contributed by atoms with Crippen molar-refractivity contribution in [2.45, 2.75) is 18.4 Å². The number of benzene rings is 2. The minimum Gasteiger partial charge on any atom is -0.262 e. The van der Waals surface area contributed by atoms with E-state index < -0.39 is 10.1 Å². The second-order valence-electron chi connectivity index (χ2n) is 4.12. The van der Waals surface area contributed by atoms with E-state index in [0.29, 0.717) is 0 Å². The van der Waals surface area contributed by atoms with E-state index in [0.717, 1.165) is 14.7 Å². The topological polar surface area (TPSA) is 43.4 Å². The van der Waals surface area contributed by atoms with Gasteiger partial charge in [0.1, 0.15) is 0 Å². The minimum absolute atomic E-state index is 0.0509. The van der Waals surface area contributed by atoms with E-state index in [2.05, 4.69) is 22.6 Å². The molecule has 2 rings (SSSR count). The number of hydrogen-bond donors (Lipinski definition) is 0. The first-order valence-corrected chi connectivity index (χ1v) is 8.17. The Hall–Kier alpha value is -0.920. The van der Waals surface area contributed by atoms with E-state index in [-0.39, 0.29) is 11.5 Å². The fourth-order valence-electron chi connectivity index (χ4n) is 1.53. The number of aryl methyl sites for hydroxylation is 1. The molecule has 0 radical (unpaired) electrons. The minimum atomic E-state index is -3.70. The third kappa shape index (κ3) is 3.77. The maximum atomic E-state index is 12.0. The first-order valence-electron chi connectivity index (χ1n) is 5.68. The molecule has 0 amide bonds. The van der Waals surface area contributed by atoms with E-state index in [4.69, 9.17) is 4.18 Å². The predicted molar refractivity (Wildman–Crippen MR) is 82.3 cm³/mol. The van der Waals surface area contributed by atoms with Gasteiger partial charge in [0.05, 0.1) is 11.5 Å². The van der Waals surface area contributed by atoms with Crippen LogP contribution in [0.25, 0.3) is 0 Å². The third-order valence-corrected chi connectivity index (χ3v) is 4.97. The van der Waals surface area contributed by atoms with Crippen LogP contribution in [0, 0.1) is 10.5 Å². The molecule has 0 heterocycles. The van der Waals surface area contributed by atoms with E-state index in [9.17, 15) is 8.42 Å². The molecular formula is C14H13IO3S. The summed E-state index contributed by atoms with van der Waals surface area (Å²) in [4.78, 5) is 0.184.